The van der Waals surface area contributed by atoms with Crippen LogP contribution in [0.3, 0.4) is 0 Å². The summed E-state index contributed by atoms with van der Waals surface area (Å²) in [4.78, 5) is 4.12. The van der Waals surface area contributed by atoms with Gasteiger partial charge in [-0.25, -0.2) is 13.4 Å². The molecule has 0 aliphatic rings. The van der Waals surface area contributed by atoms with Crippen LogP contribution in [-0.4, -0.2) is 20.0 Å². The second-order valence-electron chi connectivity index (χ2n) is 4.35. The molecule has 0 atom stereocenters. The summed E-state index contributed by atoms with van der Waals surface area (Å²) in [5, 5.41) is 0. The van der Waals surface area contributed by atoms with Crippen LogP contribution in [0.1, 0.15) is 12.5 Å². The maximum Gasteiger partial charge on any atom is 0.263 e. The number of nitrogens with zero attached hydrogens (tertiary/aromatic N) is 1. The lowest BCUT2D eigenvalue weighted by atomic mass is 10.3. The Morgan fingerprint density at radius 3 is 2.71 bits per heavy atom. The van der Waals surface area contributed by atoms with E-state index in [1.807, 2.05) is 13.8 Å². The highest BCUT2D eigenvalue weighted by Gasteiger charge is 2.17. The molecule has 0 amide bonds. The van der Waals surface area contributed by atoms with Gasteiger partial charge in [-0.1, -0.05) is 0 Å². The third-order valence-corrected chi connectivity index (χ3v) is 4.67. The Kier molecular flexibility index (Phi) is 4.84. The van der Waals surface area contributed by atoms with E-state index >= 15 is 0 Å². The molecular formula is C14H15BrN2O3S. The summed E-state index contributed by atoms with van der Waals surface area (Å²) < 4.78 is 33.3. The van der Waals surface area contributed by atoms with Gasteiger partial charge >= 0.3 is 0 Å². The molecule has 1 aromatic carbocycles. The van der Waals surface area contributed by atoms with Crippen molar-refractivity contribution in [3.63, 3.8) is 0 Å². The summed E-state index contributed by atoms with van der Waals surface area (Å²) in [7, 11) is -3.70. The number of ether oxygens (including phenoxy) is 1. The highest BCUT2D eigenvalue weighted by Crippen LogP contribution is 2.28. The fourth-order valence-electron chi connectivity index (χ4n) is 1.71. The molecule has 112 valence electrons. The Hall–Kier alpha value is -1.60. The van der Waals surface area contributed by atoms with Crippen molar-refractivity contribution >= 4 is 31.8 Å². The van der Waals surface area contributed by atoms with Crippen LogP contribution in [-0.2, 0) is 10.0 Å². The third kappa shape index (κ3) is 3.95. The number of hydrogen-bond donors (Lipinski definition) is 1. The molecule has 21 heavy (non-hydrogen) atoms. The van der Waals surface area contributed by atoms with Gasteiger partial charge in [0.2, 0.25) is 0 Å². The van der Waals surface area contributed by atoms with Crippen LogP contribution >= 0.6 is 15.9 Å². The van der Waals surface area contributed by atoms with E-state index in [0.29, 0.717) is 16.8 Å². The lowest BCUT2D eigenvalue weighted by Gasteiger charge is -2.11. The van der Waals surface area contributed by atoms with Crippen molar-refractivity contribution in [3.8, 4) is 5.75 Å². The van der Waals surface area contributed by atoms with Gasteiger partial charge in [-0.15, -0.1) is 0 Å². The van der Waals surface area contributed by atoms with Crippen molar-refractivity contribution in [2.75, 3.05) is 11.3 Å². The van der Waals surface area contributed by atoms with Crippen molar-refractivity contribution in [1.29, 1.82) is 0 Å². The van der Waals surface area contributed by atoms with Crippen LogP contribution in [0.15, 0.2) is 45.9 Å². The molecule has 2 aromatic rings. The zero-order valence-corrected chi connectivity index (χ0v) is 14.0. The van der Waals surface area contributed by atoms with Gasteiger partial charge in [0.15, 0.2) is 0 Å². The first-order valence-electron chi connectivity index (χ1n) is 6.30. The van der Waals surface area contributed by atoms with Crippen LogP contribution in [0.4, 0.5) is 5.82 Å². The Bertz CT molecular complexity index is 748. The van der Waals surface area contributed by atoms with Gasteiger partial charge in [-0.2, -0.15) is 0 Å². The van der Waals surface area contributed by atoms with Crippen molar-refractivity contribution in [2.45, 2.75) is 18.7 Å². The number of nitrogens with one attached hydrogen (secondary N) is 1. The fourth-order valence-corrected chi connectivity index (χ4v) is 3.08. The van der Waals surface area contributed by atoms with E-state index in [9.17, 15) is 8.42 Å². The SMILES string of the molecule is CCOc1cc(S(=O)(=O)Nc2cc(C)ccn2)ccc1Br. The Morgan fingerprint density at radius 2 is 2.05 bits per heavy atom. The minimum atomic E-state index is -3.70. The second-order valence-corrected chi connectivity index (χ2v) is 6.89. The minimum Gasteiger partial charge on any atom is -0.493 e. The van der Waals surface area contributed by atoms with Crippen LogP contribution in [0.2, 0.25) is 0 Å². The normalized spacial score (nSPS) is 11.2. The van der Waals surface area contributed by atoms with E-state index in [-0.39, 0.29) is 10.7 Å². The van der Waals surface area contributed by atoms with Crippen molar-refractivity contribution in [1.82, 2.24) is 4.98 Å². The molecule has 0 saturated carbocycles. The quantitative estimate of drug-likeness (QED) is 0.875. The number of halogens is 1. The summed E-state index contributed by atoms with van der Waals surface area (Å²) in [6.07, 6.45) is 1.56. The molecule has 5 nitrogen and oxygen atoms in total. The largest absolute Gasteiger partial charge is 0.493 e. The van der Waals surface area contributed by atoms with Gasteiger partial charge in [0, 0.05) is 12.3 Å². The molecule has 0 saturated heterocycles. The molecule has 0 fully saturated rings. The molecule has 0 aliphatic heterocycles. The molecule has 0 unspecified atom stereocenters. The van der Waals surface area contributed by atoms with Gasteiger partial charge in [0.05, 0.1) is 16.0 Å². The van der Waals surface area contributed by atoms with Crippen LogP contribution in [0.25, 0.3) is 0 Å². The summed E-state index contributed by atoms with van der Waals surface area (Å²) in [6.45, 7) is 4.16. The molecule has 1 heterocycles. The smallest absolute Gasteiger partial charge is 0.263 e. The molecule has 0 aliphatic carbocycles. The van der Waals surface area contributed by atoms with Crippen molar-refractivity contribution in [2.24, 2.45) is 0 Å². The number of hydrogen-bond acceptors (Lipinski definition) is 4. The fraction of sp³-hybridized carbons (Fsp3) is 0.214. The van der Waals surface area contributed by atoms with E-state index in [4.69, 9.17) is 4.74 Å². The van der Waals surface area contributed by atoms with Crippen LogP contribution in [0, 0.1) is 6.92 Å². The van der Waals surface area contributed by atoms with Gasteiger partial charge in [-0.05, 0) is 59.6 Å². The summed E-state index contributed by atoms with van der Waals surface area (Å²) in [5.74, 6) is 0.772. The van der Waals surface area contributed by atoms with Gasteiger partial charge in [0.1, 0.15) is 11.6 Å². The van der Waals surface area contributed by atoms with Gasteiger partial charge < -0.3 is 4.74 Å². The van der Waals surface area contributed by atoms with Crippen LogP contribution in [0.5, 0.6) is 5.75 Å². The van der Waals surface area contributed by atoms with Gasteiger partial charge in [-0.3, -0.25) is 4.72 Å². The Morgan fingerprint density at radius 1 is 1.29 bits per heavy atom. The third-order valence-electron chi connectivity index (χ3n) is 2.67. The summed E-state index contributed by atoms with van der Waals surface area (Å²) in [6, 6.07) is 8.09. The van der Waals surface area contributed by atoms with E-state index in [2.05, 4.69) is 25.6 Å². The number of pyridine rings is 1. The topological polar surface area (TPSA) is 68.3 Å². The van der Waals surface area contributed by atoms with E-state index in [0.717, 1.165) is 5.56 Å². The molecule has 7 heteroatoms. The zero-order valence-electron chi connectivity index (χ0n) is 11.6. The second kappa shape index (κ2) is 6.44. The molecule has 0 spiro atoms. The highest BCUT2D eigenvalue weighted by molar-refractivity contribution is 9.10. The summed E-state index contributed by atoms with van der Waals surface area (Å²) >= 11 is 3.32. The number of aromatic nitrogens is 1. The number of anilines is 1. The predicted octanol–water partition coefficient (Wildman–Crippen LogP) is 3.35. The minimum absolute atomic E-state index is 0.123. The molecular weight excluding hydrogens is 356 g/mol. The van der Waals surface area contributed by atoms with Crippen LogP contribution < -0.4 is 9.46 Å². The molecule has 1 N–H and O–H groups in total. The first-order valence-corrected chi connectivity index (χ1v) is 8.58. The molecule has 0 radical (unpaired) electrons. The lowest BCUT2D eigenvalue weighted by Crippen LogP contribution is -2.14. The molecule has 1 aromatic heterocycles. The average Bonchev–Trinajstić information content (AvgIpc) is 2.41. The first-order chi connectivity index (χ1) is 9.92. The van der Waals surface area contributed by atoms with Crippen molar-refractivity contribution in [3.05, 3.63) is 46.6 Å². The number of benzene rings is 1. The summed E-state index contributed by atoms with van der Waals surface area (Å²) in [5.41, 5.74) is 0.925. The van der Waals surface area contributed by atoms with Crippen molar-refractivity contribution < 1.29 is 13.2 Å². The molecule has 2 rings (SSSR count). The van der Waals surface area contributed by atoms with E-state index in [1.165, 1.54) is 12.1 Å². The van der Waals surface area contributed by atoms with Gasteiger partial charge in [0.25, 0.3) is 10.0 Å². The number of sulfonamides is 1. The van der Waals surface area contributed by atoms with E-state index < -0.39 is 10.0 Å². The monoisotopic (exact) mass is 370 g/mol. The number of aryl methyl sites for hydroxylation is 1. The number of rotatable bonds is 5. The maximum absolute atomic E-state index is 12.4. The van der Waals surface area contributed by atoms with E-state index in [1.54, 1.807) is 24.4 Å². The average molecular weight is 371 g/mol. The Labute approximate surface area is 132 Å². The molecule has 0 bridgehead atoms. The lowest BCUT2D eigenvalue weighted by molar-refractivity contribution is 0.337. The Balaban J connectivity index is 2.33. The zero-order chi connectivity index (χ0) is 15.5. The predicted molar refractivity (Wildman–Crippen MR) is 85.1 cm³/mol. The highest BCUT2D eigenvalue weighted by atomic mass is 79.9. The first kappa shape index (κ1) is 15.8. The maximum atomic E-state index is 12.4. The standard InChI is InChI=1S/C14H15BrN2O3S/c1-3-20-13-9-11(4-5-12(13)15)21(18,19)17-14-8-10(2)6-7-16-14/h4-9H,3H2,1-2H3,(H,16,17).